The summed E-state index contributed by atoms with van der Waals surface area (Å²) >= 11 is 0. The zero-order valence-electron chi connectivity index (χ0n) is 16.2. The zero-order chi connectivity index (χ0) is 19.8. The molecule has 3 aromatic rings. The molecule has 1 aliphatic heterocycles. The van der Waals surface area contributed by atoms with Crippen LogP contribution in [0.5, 0.6) is 0 Å². The molecular weight excluding hydrogens is 370 g/mol. The van der Waals surface area contributed by atoms with E-state index < -0.39 is 0 Å². The van der Waals surface area contributed by atoms with Crippen molar-refractivity contribution in [3.63, 3.8) is 0 Å². The maximum atomic E-state index is 12.8. The SMILES string of the molecule is O=C(Cn1cnc2ccccc2c1=O)N1CCCC(Cc2nc(C3CC3)no2)C1. The number of benzene rings is 1. The normalized spacial score (nSPS) is 19.6. The van der Waals surface area contributed by atoms with Crippen molar-refractivity contribution in [1.29, 1.82) is 0 Å². The molecular formula is C21H23N5O3. The molecule has 8 nitrogen and oxygen atoms in total. The highest BCUT2D eigenvalue weighted by Gasteiger charge is 2.30. The minimum absolute atomic E-state index is 0.00970. The predicted molar refractivity (Wildman–Crippen MR) is 105 cm³/mol. The van der Waals surface area contributed by atoms with E-state index in [-0.39, 0.29) is 18.0 Å². The first-order valence-electron chi connectivity index (χ1n) is 10.2. The number of hydrogen-bond acceptors (Lipinski definition) is 6. The molecule has 8 heteroatoms. The summed E-state index contributed by atoms with van der Waals surface area (Å²) in [6.07, 6.45) is 6.41. The van der Waals surface area contributed by atoms with Crippen molar-refractivity contribution in [2.75, 3.05) is 13.1 Å². The van der Waals surface area contributed by atoms with E-state index in [1.165, 1.54) is 10.9 Å². The zero-order valence-corrected chi connectivity index (χ0v) is 16.2. The van der Waals surface area contributed by atoms with E-state index in [0.29, 0.717) is 48.1 Å². The van der Waals surface area contributed by atoms with Gasteiger partial charge in [0.15, 0.2) is 5.82 Å². The molecule has 1 aliphatic carbocycles. The lowest BCUT2D eigenvalue weighted by molar-refractivity contribution is -0.133. The van der Waals surface area contributed by atoms with Crippen molar-refractivity contribution in [1.82, 2.24) is 24.6 Å². The van der Waals surface area contributed by atoms with Crippen LogP contribution >= 0.6 is 0 Å². The molecule has 2 fully saturated rings. The fourth-order valence-corrected chi connectivity index (χ4v) is 4.03. The Morgan fingerprint density at radius 1 is 1.21 bits per heavy atom. The second-order valence-corrected chi connectivity index (χ2v) is 8.07. The van der Waals surface area contributed by atoms with E-state index >= 15 is 0 Å². The van der Waals surface area contributed by atoms with Crippen LogP contribution in [0.2, 0.25) is 0 Å². The number of amides is 1. The molecule has 2 aromatic heterocycles. The summed E-state index contributed by atoms with van der Waals surface area (Å²) in [4.78, 5) is 36.1. The Morgan fingerprint density at radius 3 is 2.93 bits per heavy atom. The number of likely N-dealkylation sites (tertiary alicyclic amines) is 1. The van der Waals surface area contributed by atoms with Crippen LogP contribution in [0.15, 0.2) is 39.9 Å². The van der Waals surface area contributed by atoms with Gasteiger partial charge >= 0.3 is 0 Å². The Bertz CT molecular complexity index is 1100. The third-order valence-corrected chi connectivity index (χ3v) is 5.80. The maximum absolute atomic E-state index is 12.8. The van der Waals surface area contributed by atoms with Gasteiger partial charge in [-0.3, -0.25) is 14.2 Å². The van der Waals surface area contributed by atoms with Gasteiger partial charge in [0.1, 0.15) is 6.54 Å². The van der Waals surface area contributed by atoms with Crippen molar-refractivity contribution in [2.24, 2.45) is 5.92 Å². The number of para-hydroxylation sites is 1. The summed E-state index contributed by atoms with van der Waals surface area (Å²) in [5.41, 5.74) is 0.459. The highest BCUT2D eigenvalue weighted by atomic mass is 16.5. The number of rotatable bonds is 5. The molecule has 1 aromatic carbocycles. The molecule has 1 amide bonds. The second kappa shape index (κ2) is 7.42. The van der Waals surface area contributed by atoms with Gasteiger partial charge in [-0.2, -0.15) is 4.98 Å². The van der Waals surface area contributed by atoms with E-state index in [1.54, 1.807) is 18.2 Å². The van der Waals surface area contributed by atoms with Crippen LogP contribution in [-0.4, -0.2) is 43.6 Å². The quantitative estimate of drug-likeness (QED) is 0.659. The fourth-order valence-electron chi connectivity index (χ4n) is 4.03. The van der Waals surface area contributed by atoms with Gasteiger partial charge in [-0.05, 0) is 43.7 Å². The van der Waals surface area contributed by atoms with E-state index in [9.17, 15) is 9.59 Å². The van der Waals surface area contributed by atoms with Crippen LogP contribution in [0, 0.1) is 5.92 Å². The lowest BCUT2D eigenvalue weighted by Crippen LogP contribution is -2.43. The van der Waals surface area contributed by atoms with Gasteiger partial charge in [0, 0.05) is 25.4 Å². The van der Waals surface area contributed by atoms with Crippen molar-refractivity contribution in [3.05, 3.63) is 52.7 Å². The lowest BCUT2D eigenvalue weighted by Gasteiger charge is -2.32. The molecule has 2 aliphatic rings. The monoisotopic (exact) mass is 393 g/mol. The molecule has 1 saturated carbocycles. The van der Waals surface area contributed by atoms with Crippen molar-refractivity contribution in [3.8, 4) is 0 Å². The number of nitrogens with zero attached hydrogens (tertiary/aromatic N) is 5. The van der Waals surface area contributed by atoms with Crippen LogP contribution in [0.4, 0.5) is 0 Å². The summed E-state index contributed by atoms with van der Waals surface area (Å²) in [6.45, 7) is 1.37. The molecule has 1 atom stereocenters. The van der Waals surface area contributed by atoms with Crippen molar-refractivity contribution >= 4 is 16.8 Å². The lowest BCUT2D eigenvalue weighted by atomic mass is 9.94. The molecule has 0 radical (unpaired) electrons. The van der Waals surface area contributed by atoms with Gasteiger partial charge in [-0.1, -0.05) is 17.3 Å². The van der Waals surface area contributed by atoms with Gasteiger partial charge in [-0.15, -0.1) is 0 Å². The molecule has 150 valence electrons. The first-order valence-corrected chi connectivity index (χ1v) is 10.2. The molecule has 3 heterocycles. The maximum Gasteiger partial charge on any atom is 0.261 e. The average Bonchev–Trinajstić information content (AvgIpc) is 3.50. The first-order chi connectivity index (χ1) is 14.2. The first kappa shape index (κ1) is 18.0. The molecule has 1 saturated heterocycles. The summed E-state index contributed by atoms with van der Waals surface area (Å²) in [5, 5.41) is 4.61. The van der Waals surface area contributed by atoms with E-state index in [0.717, 1.165) is 31.5 Å². The predicted octanol–water partition coefficient (Wildman–Crippen LogP) is 2.14. The number of aromatic nitrogens is 4. The van der Waals surface area contributed by atoms with Crippen LogP contribution < -0.4 is 5.56 Å². The van der Waals surface area contributed by atoms with Crippen LogP contribution in [0.1, 0.15) is 43.3 Å². The number of carbonyl (C=O) groups excluding carboxylic acids is 1. The average molecular weight is 393 g/mol. The largest absolute Gasteiger partial charge is 0.341 e. The highest BCUT2D eigenvalue weighted by Crippen LogP contribution is 2.38. The minimum Gasteiger partial charge on any atom is -0.341 e. The van der Waals surface area contributed by atoms with Gasteiger partial charge in [0.05, 0.1) is 17.2 Å². The van der Waals surface area contributed by atoms with Gasteiger partial charge < -0.3 is 9.42 Å². The third-order valence-electron chi connectivity index (χ3n) is 5.80. The van der Waals surface area contributed by atoms with Gasteiger partial charge in [0.25, 0.3) is 5.56 Å². The molecule has 0 bridgehead atoms. The number of fused-ring (bicyclic) bond motifs is 1. The topological polar surface area (TPSA) is 94.1 Å². The Hall–Kier alpha value is -3.03. The van der Waals surface area contributed by atoms with E-state index in [4.69, 9.17) is 4.52 Å². The molecule has 0 spiro atoms. The Morgan fingerprint density at radius 2 is 2.07 bits per heavy atom. The number of carbonyl (C=O) groups is 1. The summed E-state index contributed by atoms with van der Waals surface area (Å²) < 4.78 is 6.80. The second-order valence-electron chi connectivity index (χ2n) is 8.07. The number of hydrogen-bond donors (Lipinski definition) is 0. The van der Waals surface area contributed by atoms with Crippen molar-refractivity contribution in [2.45, 2.75) is 44.6 Å². The minimum atomic E-state index is -0.184. The van der Waals surface area contributed by atoms with Crippen LogP contribution in [0.3, 0.4) is 0 Å². The Balaban J connectivity index is 1.25. The van der Waals surface area contributed by atoms with E-state index in [2.05, 4.69) is 15.1 Å². The third kappa shape index (κ3) is 3.79. The molecule has 5 rings (SSSR count). The van der Waals surface area contributed by atoms with Gasteiger partial charge in [-0.25, -0.2) is 4.98 Å². The Labute approximate surface area is 167 Å². The molecule has 0 N–H and O–H groups in total. The fraction of sp³-hybridized carbons (Fsp3) is 0.476. The standard InChI is InChI=1S/C21H23N5O3/c27-19(12-26-13-22-17-6-2-1-5-16(17)21(26)28)25-9-3-4-14(11-25)10-18-23-20(24-29-18)15-7-8-15/h1-2,5-6,13-15H,3-4,7-12H2. The summed E-state index contributed by atoms with van der Waals surface area (Å²) in [5.74, 6) is 2.21. The van der Waals surface area contributed by atoms with Crippen molar-refractivity contribution < 1.29 is 9.32 Å². The molecule has 1 unspecified atom stereocenters. The van der Waals surface area contributed by atoms with E-state index in [1.807, 2.05) is 11.0 Å². The van der Waals surface area contributed by atoms with Crippen LogP contribution in [-0.2, 0) is 17.8 Å². The van der Waals surface area contributed by atoms with Gasteiger partial charge in [0.2, 0.25) is 11.8 Å². The molecule has 29 heavy (non-hydrogen) atoms. The smallest absolute Gasteiger partial charge is 0.261 e. The number of piperidine rings is 1. The highest BCUT2D eigenvalue weighted by molar-refractivity contribution is 5.79. The Kier molecular flexibility index (Phi) is 4.61. The van der Waals surface area contributed by atoms with Crippen LogP contribution in [0.25, 0.3) is 10.9 Å². The summed E-state index contributed by atoms with van der Waals surface area (Å²) in [6, 6.07) is 7.18. The summed E-state index contributed by atoms with van der Waals surface area (Å²) in [7, 11) is 0.